The quantitative estimate of drug-likeness (QED) is 0.515. The lowest BCUT2D eigenvalue weighted by atomic mass is 10.1. The van der Waals surface area contributed by atoms with E-state index in [0.717, 1.165) is 27.8 Å². The van der Waals surface area contributed by atoms with Crippen molar-refractivity contribution in [2.45, 2.75) is 13.5 Å². The van der Waals surface area contributed by atoms with Gasteiger partial charge in [-0.15, -0.1) is 0 Å². The van der Waals surface area contributed by atoms with Crippen molar-refractivity contribution in [2.75, 3.05) is 19.6 Å². The van der Waals surface area contributed by atoms with Crippen molar-refractivity contribution in [3.05, 3.63) is 75.9 Å². The standard InChI is InChI=1S/C23H23FN4O4S/c1-15-2-4-16(5-3-15)12-19-21(30)28(23(32)33-19)11-10-25-20(29)14-27-22(31)26-13-17-6-8-18(24)9-7-17/h2-9,12H,10-11,13-14H2,1H3,(H,25,29)(H2,26,27,31)/b19-12-. The van der Waals surface area contributed by atoms with Crippen molar-refractivity contribution in [3.8, 4) is 0 Å². The Morgan fingerprint density at radius 2 is 1.70 bits per heavy atom. The molecule has 10 heteroatoms. The lowest BCUT2D eigenvalue weighted by molar-refractivity contribution is -0.124. The van der Waals surface area contributed by atoms with Crippen LogP contribution in [0.3, 0.4) is 0 Å². The average Bonchev–Trinajstić information content (AvgIpc) is 3.06. The number of aryl methyl sites for hydroxylation is 1. The molecule has 1 saturated heterocycles. The molecule has 1 heterocycles. The lowest BCUT2D eigenvalue weighted by Gasteiger charge is -2.13. The van der Waals surface area contributed by atoms with Crippen LogP contribution in [0.4, 0.5) is 14.0 Å². The molecule has 0 radical (unpaired) electrons. The first-order valence-electron chi connectivity index (χ1n) is 10.2. The molecule has 0 aromatic heterocycles. The number of thioether (sulfide) groups is 1. The summed E-state index contributed by atoms with van der Waals surface area (Å²) in [6.45, 7) is 1.96. The van der Waals surface area contributed by atoms with Crippen LogP contribution >= 0.6 is 11.8 Å². The first-order chi connectivity index (χ1) is 15.8. The van der Waals surface area contributed by atoms with E-state index in [0.29, 0.717) is 10.5 Å². The molecule has 172 valence electrons. The number of hydrogen-bond donors (Lipinski definition) is 3. The summed E-state index contributed by atoms with van der Waals surface area (Å²) in [5, 5.41) is 7.12. The Hall–Kier alpha value is -3.66. The van der Waals surface area contributed by atoms with E-state index in [1.807, 2.05) is 31.2 Å². The maximum absolute atomic E-state index is 12.9. The molecule has 0 spiro atoms. The minimum atomic E-state index is -0.554. The van der Waals surface area contributed by atoms with Crippen LogP contribution in [0, 0.1) is 12.7 Å². The smallest absolute Gasteiger partial charge is 0.315 e. The van der Waals surface area contributed by atoms with Crippen LogP contribution in [0.5, 0.6) is 0 Å². The van der Waals surface area contributed by atoms with Crippen molar-refractivity contribution < 1.29 is 23.6 Å². The molecule has 3 N–H and O–H groups in total. The number of carbonyl (C=O) groups excluding carboxylic acids is 4. The number of imide groups is 1. The van der Waals surface area contributed by atoms with E-state index in [-0.39, 0.29) is 32.0 Å². The van der Waals surface area contributed by atoms with E-state index >= 15 is 0 Å². The van der Waals surface area contributed by atoms with Gasteiger partial charge in [-0.05, 0) is 48.0 Å². The Morgan fingerprint density at radius 3 is 2.39 bits per heavy atom. The SMILES string of the molecule is Cc1ccc(/C=C2\SC(=O)N(CCNC(=O)CNC(=O)NCc3ccc(F)cc3)C2=O)cc1. The van der Waals surface area contributed by atoms with Crippen molar-refractivity contribution in [1.29, 1.82) is 0 Å². The van der Waals surface area contributed by atoms with E-state index in [1.54, 1.807) is 18.2 Å². The summed E-state index contributed by atoms with van der Waals surface area (Å²) in [6, 6.07) is 12.7. The molecule has 0 bridgehead atoms. The largest absolute Gasteiger partial charge is 0.353 e. The maximum atomic E-state index is 12.9. The Balaban J connectivity index is 1.37. The Morgan fingerprint density at radius 1 is 1.00 bits per heavy atom. The van der Waals surface area contributed by atoms with E-state index in [9.17, 15) is 23.6 Å². The summed E-state index contributed by atoms with van der Waals surface area (Å²) in [6.07, 6.45) is 1.66. The number of nitrogens with one attached hydrogen (secondary N) is 3. The highest BCUT2D eigenvalue weighted by Gasteiger charge is 2.34. The van der Waals surface area contributed by atoms with Gasteiger partial charge in [0.15, 0.2) is 0 Å². The Bertz CT molecular complexity index is 1070. The third kappa shape index (κ3) is 7.18. The second kappa shape index (κ2) is 11.3. The monoisotopic (exact) mass is 470 g/mol. The number of rotatable bonds is 8. The summed E-state index contributed by atoms with van der Waals surface area (Å²) in [4.78, 5) is 49.8. The summed E-state index contributed by atoms with van der Waals surface area (Å²) >= 11 is 0.858. The third-order valence-electron chi connectivity index (χ3n) is 4.68. The van der Waals surface area contributed by atoms with Gasteiger partial charge in [-0.25, -0.2) is 9.18 Å². The fraction of sp³-hybridized carbons (Fsp3) is 0.217. The van der Waals surface area contributed by atoms with Gasteiger partial charge in [-0.3, -0.25) is 19.3 Å². The molecule has 2 aromatic carbocycles. The van der Waals surface area contributed by atoms with Gasteiger partial charge in [0, 0.05) is 19.6 Å². The number of nitrogens with zero attached hydrogens (tertiary/aromatic N) is 1. The van der Waals surface area contributed by atoms with Crippen LogP contribution in [0.2, 0.25) is 0 Å². The number of halogens is 1. The van der Waals surface area contributed by atoms with Gasteiger partial charge in [-0.2, -0.15) is 0 Å². The summed E-state index contributed by atoms with van der Waals surface area (Å²) in [5.41, 5.74) is 2.63. The average molecular weight is 471 g/mol. The van der Waals surface area contributed by atoms with Crippen LogP contribution in [0.25, 0.3) is 6.08 Å². The van der Waals surface area contributed by atoms with Gasteiger partial charge in [0.1, 0.15) is 5.82 Å². The molecule has 1 aliphatic heterocycles. The number of carbonyl (C=O) groups is 4. The predicted octanol–water partition coefficient (Wildman–Crippen LogP) is 2.79. The van der Waals surface area contributed by atoms with Gasteiger partial charge in [0.25, 0.3) is 11.1 Å². The molecule has 5 amide bonds. The molecule has 33 heavy (non-hydrogen) atoms. The van der Waals surface area contributed by atoms with E-state index in [2.05, 4.69) is 16.0 Å². The number of urea groups is 1. The fourth-order valence-corrected chi connectivity index (χ4v) is 3.75. The Kier molecular flexibility index (Phi) is 8.20. The first-order valence-corrected chi connectivity index (χ1v) is 11.0. The van der Waals surface area contributed by atoms with Gasteiger partial charge in [-0.1, -0.05) is 42.0 Å². The zero-order valence-electron chi connectivity index (χ0n) is 17.9. The van der Waals surface area contributed by atoms with Crippen LogP contribution in [0.15, 0.2) is 53.4 Å². The second-order valence-electron chi connectivity index (χ2n) is 7.26. The molecular weight excluding hydrogens is 447 g/mol. The normalized spacial score (nSPS) is 14.5. The summed E-state index contributed by atoms with van der Waals surface area (Å²) in [5.74, 6) is -1.23. The minimum absolute atomic E-state index is 0.0262. The zero-order valence-corrected chi connectivity index (χ0v) is 18.7. The van der Waals surface area contributed by atoms with E-state index in [1.165, 1.54) is 12.1 Å². The van der Waals surface area contributed by atoms with E-state index in [4.69, 9.17) is 0 Å². The molecule has 3 rings (SSSR count). The fourth-order valence-electron chi connectivity index (χ4n) is 2.88. The highest BCUT2D eigenvalue weighted by atomic mass is 32.2. The van der Waals surface area contributed by atoms with Crippen molar-refractivity contribution in [1.82, 2.24) is 20.9 Å². The molecular formula is C23H23FN4O4S. The third-order valence-corrected chi connectivity index (χ3v) is 5.59. The number of hydrogen-bond acceptors (Lipinski definition) is 5. The molecule has 1 fully saturated rings. The van der Waals surface area contributed by atoms with Crippen molar-refractivity contribution in [2.24, 2.45) is 0 Å². The van der Waals surface area contributed by atoms with Crippen molar-refractivity contribution >= 4 is 40.9 Å². The topological polar surface area (TPSA) is 108 Å². The molecule has 0 aliphatic carbocycles. The number of amides is 5. The Labute approximate surface area is 194 Å². The second-order valence-corrected chi connectivity index (χ2v) is 8.25. The molecule has 0 unspecified atom stereocenters. The van der Waals surface area contributed by atoms with Gasteiger partial charge < -0.3 is 16.0 Å². The summed E-state index contributed by atoms with van der Waals surface area (Å²) < 4.78 is 12.9. The highest BCUT2D eigenvalue weighted by molar-refractivity contribution is 8.18. The minimum Gasteiger partial charge on any atom is -0.353 e. The van der Waals surface area contributed by atoms with Crippen LogP contribution in [0.1, 0.15) is 16.7 Å². The first kappa shape index (κ1) is 24.0. The molecule has 0 saturated carbocycles. The van der Waals surface area contributed by atoms with Gasteiger partial charge in [0.05, 0.1) is 11.4 Å². The molecule has 2 aromatic rings. The highest BCUT2D eigenvalue weighted by Crippen LogP contribution is 2.31. The molecule has 0 atom stereocenters. The van der Waals surface area contributed by atoms with Crippen molar-refractivity contribution in [3.63, 3.8) is 0 Å². The predicted molar refractivity (Wildman–Crippen MR) is 124 cm³/mol. The van der Waals surface area contributed by atoms with E-state index < -0.39 is 23.1 Å². The van der Waals surface area contributed by atoms with Crippen LogP contribution in [-0.2, 0) is 16.1 Å². The molecule has 8 nitrogen and oxygen atoms in total. The molecule has 1 aliphatic rings. The zero-order chi connectivity index (χ0) is 23.8. The van der Waals surface area contributed by atoms with Crippen LogP contribution < -0.4 is 16.0 Å². The van der Waals surface area contributed by atoms with Crippen LogP contribution in [-0.4, -0.2) is 47.6 Å². The van der Waals surface area contributed by atoms with Gasteiger partial charge in [0.2, 0.25) is 5.91 Å². The number of benzene rings is 2. The summed E-state index contributed by atoms with van der Waals surface area (Å²) in [7, 11) is 0. The maximum Gasteiger partial charge on any atom is 0.315 e. The lowest BCUT2D eigenvalue weighted by Crippen LogP contribution is -2.44. The van der Waals surface area contributed by atoms with Gasteiger partial charge >= 0.3 is 6.03 Å².